The molecule has 0 aliphatic heterocycles. The minimum absolute atomic E-state index is 0.154. The van der Waals surface area contributed by atoms with E-state index in [0.29, 0.717) is 10.8 Å². The molecule has 0 heterocycles. The lowest BCUT2D eigenvalue weighted by atomic mass is 9.24. The van der Waals surface area contributed by atoms with Crippen molar-refractivity contribution in [2.24, 2.45) is 27.2 Å². The fourth-order valence-corrected chi connectivity index (χ4v) is 8.75. The monoisotopic (exact) mass is 347 g/mol. The number of hydrogen-bond donors (Lipinski definition) is 0. The summed E-state index contributed by atoms with van der Waals surface area (Å²) in [5.41, 5.74) is 3.67. The first-order valence-corrected chi connectivity index (χ1v) is 10.7. The van der Waals surface area contributed by atoms with Gasteiger partial charge in [0.15, 0.2) is 0 Å². The predicted molar refractivity (Wildman–Crippen MR) is 103 cm³/mol. The van der Waals surface area contributed by atoms with Crippen molar-refractivity contribution in [3.8, 4) is 0 Å². The van der Waals surface area contributed by atoms with Gasteiger partial charge in [0.25, 0.3) is 5.91 Å². The standard InChI is InChI=1S/C24H29NO/c1-21-12-18-13-22(20(26)25-19-10-6-3-7-11-19)15-23(14-21,24(18,21)16-22)17-8-4-2-5-9-17/h2,4-5,8-9,18H,3,6-7,10-16H2,1H3. The largest absolute Gasteiger partial charge is 0.272 e. The van der Waals surface area contributed by atoms with Crippen molar-refractivity contribution >= 4 is 11.6 Å². The lowest BCUT2D eigenvalue weighted by Crippen LogP contribution is -2.74. The Balaban J connectivity index is 1.41. The van der Waals surface area contributed by atoms with Gasteiger partial charge in [0, 0.05) is 11.1 Å². The molecule has 1 aromatic rings. The normalized spacial score (nSPS) is 47.7. The fourth-order valence-electron chi connectivity index (χ4n) is 8.75. The maximum absolute atomic E-state index is 13.5. The number of hydrogen-bond acceptors (Lipinski definition) is 1. The molecule has 1 spiro atoms. The second kappa shape index (κ2) is 4.69. The van der Waals surface area contributed by atoms with E-state index in [4.69, 9.17) is 4.99 Å². The lowest BCUT2D eigenvalue weighted by Gasteiger charge is -2.79. The SMILES string of the molecule is CC12CC3CC4(C(=O)N=C5CCCCC5)CC(c5ccccc5)(C1)C32C4. The maximum atomic E-state index is 13.5. The van der Waals surface area contributed by atoms with E-state index in [-0.39, 0.29) is 16.7 Å². The third kappa shape index (κ3) is 1.54. The minimum atomic E-state index is -0.154. The number of carbonyl (C=O) groups is 1. The molecule has 0 radical (unpaired) electrons. The highest BCUT2D eigenvalue weighted by molar-refractivity contribution is 5.99. The molecule has 26 heavy (non-hydrogen) atoms. The highest BCUT2D eigenvalue weighted by Gasteiger charge is 2.89. The van der Waals surface area contributed by atoms with Gasteiger partial charge in [0.2, 0.25) is 0 Å². The fraction of sp³-hybridized carbons (Fsp3) is 0.667. The van der Waals surface area contributed by atoms with Gasteiger partial charge in [0.05, 0.1) is 5.41 Å². The zero-order valence-corrected chi connectivity index (χ0v) is 15.9. The molecular formula is C24H29NO. The predicted octanol–water partition coefficient (Wildman–Crippen LogP) is 5.46. The van der Waals surface area contributed by atoms with Crippen LogP contribution in [0.3, 0.4) is 0 Å². The van der Waals surface area contributed by atoms with Crippen LogP contribution in [-0.4, -0.2) is 11.6 Å². The number of nitrogens with zero attached hydrogens (tertiary/aromatic N) is 1. The van der Waals surface area contributed by atoms with Gasteiger partial charge in [-0.2, -0.15) is 0 Å². The van der Waals surface area contributed by atoms with Crippen molar-refractivity contribution < 1.29 is 4.79 Å². The average Bonchev–Trinajstić information content (AvgIpc) is 3.12. The number of amides is 1. The first-order valence-electron chi connectivity index (χ1n) is 10.7. The van der Waals surface area contributed by atoms with Gasteiger partial charge in [-0.3, -0.25) is 4.79 Å². The number of benzene rings is 1. The molecule has 136 valence electrons. The summed E-state index contributed by atoms with van der Waals surface area (Å²) in [6.45, 7) is 2.50. The molecule has 6 rings (SSSR count). The van der Waals surface area contributed by atoms with Gasteiger partial charge < -0.3 is 0 Å². The third-order valence-corrected chi connectivity index (χ3v) is 9.38. The Hall–Kier alpha value is -1.44. The van der Waals surface area contributed by atoms with Crippen LogP contribution in [0.4, 0.5) is 0 Å². The van der Waals surface area contributed by atoms with E-state index in [0.717, 1.165) is 38.0 Å². The zero-order chi connectivity index (χ0) is 17.6. The molecule has 5 atom stereocenters. The van der Waals surface area contributed by atoms with Crippen LogP contribution in [-0.2, 0) is 10.2 Å². The highest BCUT2D eigenvalue weighted by Crippen LogP contribution is 2.93. The lowest BCUT2D eigenvalue weighted by molar-refractivity contribution is -0.270. The van der Waals surface area contributed by atoms with Crippen LogP contribution < -0.4 is 0 Å². The molecule has 5 aliphatic rings. The Morgan fingerprint density at radius 1 is 1.00 bits per heavy atom. The van der Waals surface area contributed by atoms with Crippen molar-refractivity contribution in [1.29, 1.82) is 0 Å². The van der Waals surface area contributed by atoms with Crippen molar-refractivity contribution in [2.75, 3.05) is 0 Å². The van der Waals surface area contributed by atoms with Crippen LogP contribution in [0.1, 0.15) is 76.7 Å². The molecule has 0 saturated heterocycles. The number of fused-ring (bicyclic) bond motifs is 1. The van der Waals surface area contributed by atoms with Crippen molar-refractivity contribution in [1.82, 2.24) is 0 Å². The Morgan fingerprint density at radius 2 is 1.77 bits per heavy atom. The first kappa shape index (κ1) is 15.6. The third-order valence-electron chi connectivity index (χ3n) is 9.38. The Bertz CT molecular complexity index is 820. The minimum Gasteiger partial charge on any atom is -0.272 e. The zero-order valence-electron chi connectivity index (χ0n) is 15.9. The Kier molecular flexibility index (Phi) is 2.81. The summed E-state index contributed by atoms with van der Waals surface area (Å²) in [4.78, 5) is 18.2. The summed E-state index contributed by atoms with van der Waals surface area (Å²) in [5, 5.41) is 0. The Morgan fingerprint density at radius 3 is 2.50 bits per heavy atom. The molecule has 2 nitrogen and oxygen atoms in total. The van der Waals surface area contributed by atoms with Crippen LogP contribution in [0.25, 0.3) is 0 Å². The molecule has 0 aromatic heterocycles. The van der Waals surface area contributed by atoms with E-state index >= 15 is 0 Å². The van der Waals surface area contributed by atoms with Gasteiger partial charge >= 0.3 is 0 Å². The van der Waals surface area contributed by atoms with Gasteiger partial charge in [-0.05, 0) is 80.1 Å². The summed E-state index contributed by atoms with van der Waals surface area (Å²) < 4.78 is 0. The van der Waals surface area contributed by atoms with E-state index in [9.17, 15) is 4.79 Å². The first-order chi connectivity index (χ1) is 12.5. The highest BCUT2D eigenvalue weighted by atomic mass is 16.1. The molecule has 1 aromatic carbocycles. The summed E-state index contributed by atoms with van der Waals surface area (Å²) in [7, 11) is 0. The number of aliphatic imine (C=N–C) groups is 1. The Labute approximate surface area is 156 Å². The van der Waals surface area contributed by atoms with E-state index in [1.807, 2.05) is 0 Å². The second-order valence-corrected chi connectivity index (χ2v) is 10.4. The van der Waals surface area contributed by atoms with Crippen LogP contribution in [0, 0.1) is 22.2 Å². The summed E-state index contributed by atoms with van der Waals surface area (Å²) >= 11 is 0. The summed E-state index contributed by atoms with van der Waals surface area (Å²) in [6.07, 6.45) is 11.8. The molecule has 0 N–H and O–H groups in total. The maximum Gasteiger partial charge on any atom is 0.251 e. The summed E-state index contributed by atoms with van der Waals surface area (Å²) in [6, 6.07) is 11.2. The van der Waals surface area contributed by atoms with E-state index in [2.05, 4.69) is 37.3 Å². The van der Waals surface area contributed by atoms with Crippen molar-refractivity contribution in [3.63, 3.8) is 0 Å². The molecule has 1 amide bonds. The van der Waals surface area contributed by atoms with Crippen molar-refractivity contribution in [3.05, 3.63) is 35.9 Å². The van der Waals surface area contributed by atoms with Gasteiger partial charge in [-0.15, -0.1) is 0 Å². The van der Waals surface area contributed by atoms with E-state index in [1.165, 1.54) is 43.4 Å². The van der Waals surface area contributed by atoms with Crippen molar-refractivity contribution in [2.45, 2.75) is 76.5 Å². The quantitative estimate of drug-likeness (QED) is 0.699. The molecule has 5 fully saturated rings. The molecule has 2 bridgehead atoms. The average molecular weight is 348 g/mol. The smallest absolute Gasteiger partial charge is 0.251 e. The molecule has 5 aliphatic carbocycles. The van der Waals surface area contributed by atoms with E-state index < -0.39 is 0 Å². The van der Waals surface area contributed by atoms with Gasteiger partial charge in [-0.1, -0.05) is 43.7 Å². The second-order valence-electron chi connectivity index (χ2n) is 10.4. The number of rotatable bonds is 2. The summed E-state index contributed by atoms with van der Waals surface area (Å²) in [5.74, 6) is 1.01. The van der Waals surface area contributed by atoms with E-state index in [1.54, 1.807) is 0 Å². The van der Waals surface area contributed by atoms with Gasteiger partial charge in [-0.25, -0.2) is 4.99 Å². The van der Waals surface area contributed by atoms with Gasteiger partial charge in [0.1, 0.15) is 0 Å². The van der Waals surface area contributed by atoms with Crippen LogP contribution in [0.5, 0.6) is 0 Å². The van der Waals surface area contributed by atoms with Crippen LogP contribution >= 0.6 is 0 Å². The molecular weight excluding hydrogens is 318 g/mol. The topological polar surface area (TPSA) is 29.4 Å². The molecule has 5 saturated carbocycles. The molecule has 5 unspecified atom stereocenters. The number of carbonyl (C=O) groups excluding carboxylic acids is 1. The van der Waals surface area contributed by atoms with Crippen LogP contribution in [0.15, 0.2) is 35.3 Å². The molecule has 2 heteroatoms. The van der Waals surface area contributed by atoms with Crippen LogP contribution in [0.2, 0.25) is 0 Å².